The standard InChI is InChI=1S/C10H16INO/c1-7(13)10-6-8-4-2-3-5-9(8)12(10)11/h8-10H,2-6H2,1H3/t8-,9-,10-/m0/s1. The van der Waals surface area contributed by atoms with Crippen LogP contribution in [0.1, 0.15) is 39.0 Å². The summed E-state index contributed by atoms with van der Waals surface area (Å²) in [5, 5.41) is 0. The number of hydrogen-bond acceptors (Lipinski definition) is 2. The van der Waals surface area contributed by atoms with Crippen molar-refractivity contribution in [3.8, 4) is 0 Å². The van der Waals surface area contributed by atoms with Crippen molar-refractivity contribution in [3.63, 3.8) is 0 Å². The second-order valence-electron chi connectivity index (χ2n) is 4.32. The summed E-state index contributed by atoms with van der Waals surface area (Å²) in [5.41, 5.74) is 0. The second-order valence-corrected chi connectivity index (χ2v) is 5.43. The summed E-state index contributed by atoms with van der Waals surface area (Å²) < 4.78 is 2.30. The summed E-state index contributed by atoms with van der Waals surface area (Å²) in [4.78, 5) is 11.4. The van der Waals surface area contributed by atoms with Crippen LogP contribution in [-0.2, 0) is 4.79 Å². The lowest BCUT2D eigenvalue weighted by Crippen LogP contribution is -2.33. The number of hydrogen-bond donors (Lipinski definition) is 0. The predicted octanol–water partition coefficient (Wildman–Crippen LogP) is 2.56. The maximum absolute atomic E-state index is 11.4. The van der Waals surface area contributed by atoms with Crippen LogP contribution in [0.25, 0.3) is 0 Å². The number of carbonyl (C=O) groups is 1. The molecule has 1 saturated carbocycles. The zero-order valence-electron chi connectivity index (χ0n) is 8.00. The Balaban J connectivity index is 2.09. The minimum Gasteiger partial charge on any atom is -0.298 e. The van der Waals surface area contributed by atoms with Crippen molar-refractivity contribution in [1.29, 1.82) is 0 Å². The molecule has 0 bridgehead atoms. The van der Waals surface area contributed by atoms with Gasteiger partial charge in [0, 0.05) is 28.9 Å². The van der Waals surface area contributed by atoms with E-state index in [0.29, 0.717) is 11.8 Å². The Labute approximate surface area is 93.6 Å². The van der Waals surface area contributed by atoms with Crippen LogP contribution >= 0.6 is 22.9 Å². The first-order valence-electron chi connectivity index (χ1n) is 5.14. The van der Waals surface area contributed by atoms with E-state index in [1.165, 1.54) is 25.7 Å². The van der Waals surface area contributed by atoms with E-state index in [9.17, 15) is 4.79 Å². The molecule has 13 heavy (non-hydrogen) atoms. The molecule has 1 saturated heterocycles. The summed E-state index contributed by atoms with van der Waals surface area (Å²) in [7, 11) is 0. The highest BCUT2D eigenvalue weighted by molar-refractivity contribution is 14.1. The molecule has 1 aliphatic carbocycles. The summed E-state index contributed by atoms with van der Waals surface area (Å²) >= 11 is 2.36. The van der Waals surface area contributed by atoms with E-state index in [0.717, 1.165) is 12.3 Å². The molecule has 2 nitrogen and oxygen atoms in total. The van der Waals surface area contributed by atoms with Crippen LogP contribution in [0.4, 0.5) is 0 Å². The van der Waals surface area contributed by atoms with Gasteiger partial charge in [-0.1, -0.05) is 12.8 Å². The van der Waals surface area contributed by atoms with Crippen molar-refractivity contribution < 1.29 is 4.79 Å². The average molecular weight is 293 g/mol. The van der Waals surface area contributed by atoms with E-state index in [1.54, 1.807) is 6.92 Å². The molecule has 3 heteroatoms. The number of Topliss-reactive ketones (excluding diaryl/α,β-unsaturated/α-hetero) is 1. The fourth-order valence-electron chi connectivity index (χ4n) is 2.75. The molecule has 0 amide bonds. The molecule has 0 aromatic heterocycles. The Hall–Kier alpha value is 0.360. The van der Waals surface area contributed by atoms with Gasteiger partial charge < -0.3 is 0 Å². The molecular formula is C10H16INO. The van der Waals surface area contributed by atoms with Gasteiger partial charge in [-0.3, -0.25) is 4.79 Å². The van der Waals surface area contributed by atoms with Crippen molar-refractivity contribution in [2.75, 3.05) is 0 Å². The Morgan fingerprint density at radius 3 is 2.69 bits per heavy atom. The van der Waals surface area contributed by atoms with Gasteiger partial charge in [-0.05, 0) is 32.1 Å². The van der Waals surface area contributed by atoms with Crippen LogP contribution in [0.3, 0.4) is 0 Å². The average Bonchev–Trinajstić information content (AvgIpc) is 2.45. The van der Waals surface area contributed by atoms with Gasteiger partial charge in [0.15, 0.2) is 0 Å². The molecule has 0 spiro atoms. The lowest BCUT2D eigenvalue weighted by Gasteiger charge is -2.28. The molecule has 0 N–H and O–H groups in total. The quantitative estimate of drug-likeness (QED) is 0.547. The van der Waals surface area contributed by atoms with Crippen molar-refractivity contribution in [2.45, 2.75) is 51.1 Å². The maximum atomic E-state index is 11.4. The number of halogens is 1. The van der Waals surface area contributed by atoms with Gasteiger partial charge >= 0.3 is 0 Å². The van der Waals surface area contributed by atoms with Gasteiger partial charge in [0.2, 0.25) is 0 Å². The first kappa shape index (κ1) is 9.90. The van der Waals surface area contributed by atoms with Gasteiger partial charge in [0.1, 0.15) is 5.78 Å². The Morgan fingerprint density at radius 1 is 1.38 bits per heavy atom. The molecular weight excluding hydrogens is 277 g/mol. The smallest absolute Gasteiger partial charge is 0.147 e. The molecule has 2 fully saturated rings. The molecule has 2 aliphatic rings. The number of rotatable bonds is 1. The molecule has 0 aromatic rings. The molecule has 1 aliphatic heterocycles. The maximum Gasteiger partial charge on any atom is 0.147 e. The van der Waals surface area contributed by atoms with E-state index >= 15 is 0 Å². The van der Waals surface area contributed by atoms with Gasteiger partial charge in [0.05, 0.1) is 6.04 Å². The highest BCUT2D eigenvalue weighted by atomic mass is 127. The first-order valence-corrected chi connectivity index (χ1v) is 6.11. The minimum atomic E-state index is 0.216. The molecule has 0 radical (unpaired) electrons. The number of nitrogens with zero attached hydrogens (tertiary/aromatic N) is 1. The van der Waals surface area contributed by atoms with Crippen LogP contribution < -0.4 is 0 Å². The molecule has 74 valence electrons. The monoisotopic (exact) mass is 293 g/mol. The predicted molar refractivity (Wildman–Crippen MR) is 60.7 cm³/mol. The third kappa shape index (κ3) is 1.77. The number of carbonyl (C=O) groups excluding carboxylic acids is 1. The summed E-state index contributed by atoms with van der Waals surface area (Å²) in [6, 6.07) is 0.914. The normalized spacial score (nSPS) is 40.3. The van der Waals surface area contributed by atoms with Gasteiger partial charge in [-0.25, -0.2) is 3.11 Å². The van der Waals surface area contributed by atoms with Crippen LogP contribution in [0.2, 0.25) is 0 Å². The van der Waals surface area contributed by atoms with Crippen molar-refractivity contribution >= 4 is 28.6 Å². The Morgan fingerprint density at radius 2 is 2.08 bits per heavy atom. The molecule has 2 rings (SSSR count). The van der Waals surface area contributed by atoms with Crippen LogP contribution in [-0.4, -0.2) is 21.0 Å². The zero-order valence-corrected chi connectivity index (χ0v) is 10.2. The Kier molecular flexibility index (Phi) is 2.93. The molecule has 0 aromatic carbocycles. The fourth-order valence-corrected chi connectivity index (χ4v) is 4.10. The van der Waals surface area contributed by atoms with E-state index in [4.69, 9.17) is 0 Å². The number of fused-ring (bicyclic) bond motifs is 1. The largest absolute Gasteiger partial charge is 0.298 e. The molecule has 0 unspecified atom stereocenters. The first-order chi connectivity index (χ1) is 6.20. The number of ketones is 1. The third-order valence-corrected chi connectivity index (χ3v) is 4.87. The zero-order chi connectivity index (χ0) is 9.42. The van der Waals surface area contributed by atoms with Crippen molar-refractivity contribution in [2.24, 2.45) is 5.92 Å². The molecule has 1 heterocycles. The third-order valence-electron chi connectivity index (χ3n) is 3.48. The fraction of sp³-hybridized carbons (Fsp3) is 0.900. The van der Waals surface area contributed by atoms with Crippen LogP contribution in [0.15, 0.2) is 0 Å². The summed E-state index contributed by atoms with van der Waals surface area (Å²) in [6.45, 7) is 1.73. The Bertz CT molecular complexity index is 219. The topological polar surface area (TPSA) is 20.3 Å². The highest BCUT2D eigenvalue weighted by Crippen LogP contribution is 2.41. The lowest BCUT2D eigenvalue weighted by atomic mass is 9.85. The van der Waals surface area contributed by atoms with Gasteiger partial charge in [0.25, 0.3) is 0 Å². The SMILES string of the molecule is CC(=O)[C@@H]1C[C@@H]2CCCC[C@@H]2N1I. The highest BCUT2D eigenvalue weighted by Gasteiger charge is 2.42. The molecule has 3 atom stereocenters. The van der Waals surface area contributed by atoms with Crippen LogP contribution in [0, 0.1) is 5.92 Å². The van der Waals surface area contributed by atoms with E-state index in [2.05, 4.69) is 26.0 Å². The van der Waals surface area contributed by atoms with Crippen LogP contribution in [0.5, 0.6) is 0 Å². The van der Waals surface area contributed by atoms with E-state index < -0.39 is 0 Å². The van der Waals surface area contributed by atoms with Crippen molar-refractivity contribution in [3.05, 3.63) is 0 Å². The second kappa shape index (κ2) is 3.85. The lowest BCUT2D eigenvalue weighted by molar-refractivity contribution is -0.119. The minimum absolute atomic E-state index is 0.216. The van der Waals surface area contributed by atoms with E-state index in [1.807, 2.05) is 0 Å². The summed E-state index contributed by atoms with van der Waals surface area (Å²) in [6.07, 6.45) is 6.48. The van der Waals surface area contributed by atoms with Gasteiger partial charge in [-0.15, -0.1) is 0 Å². The summed E-state index contributed by atoms with van der Waals surface area (Å²) in [5.74, 6) is 1.16. The van der Waals surface area contributed by atoms with Crippen molar-refractivity contribution in [1.82, 2.24) is 3.11 Å². The van der Waals surface area contributed by atoms with E-state index in [-0.39, 0.29) is 6.04 Å². The van der Waals surface area contributed by atoms with Gasteiger partial charge in [-0.2, -0.15) is 0 Å².